The topological polar surface area (TPSA) is 68.3 Å². The van der Waals surface area contributed by atoms with Crippen LogP contribution in [0.1, 0.15) is 37.8 Å². The van der Waals surface area contributed by atoms with Gasteiger partial charge in [0, 0.05) is 24.7 Å². The van der Waals surface area contributed by atoms with Gasteiger partial charge in [-0.25, -0.2) is 0 Å². The minimum atomic E-state index is -0.946. The molecule has 0 saturated heterocycles. The first-order valence-electron chi connectivity index (χ1n) is 9.20. The fraction of sp³-hybridized carbons (Fsp3) is 0.273. The number of anilines is 1. The van der Waals surface area contributed by atoms with E-state index in [1.54, 1.807) is 0 Å². The van der Waals surface area contributed by atoms with Crippen molar-refractivity contribution in [3.63, 3.8) is 0 Å². The number of carbonyl (C=O) groups excluding carboxylic acids is 2. The molecule has 0 fully saturated rings. The van der Waals surface area contributed by atoms with Crippen LogP contribution in [0.25, 0.3) is 10.9 Å². The normalized spacial score (nSPS) is 11.1. The van der Waals surface area contributed by atoms with Crippen molar-refractivity contribution in [3.8, 4) is 0 Å². The molecule has 1 heterocycles. The quantitative estimate of drug-likeness (QED) is 0.703. The lowest BCUT2D eigenvalue weighted by Gasteiger charge is -2.20. The molecule has 0 unspecified atom stereocenters. The molecular formula is C22H25N3O2. The molecule has 27 heavy (non-hydrogen) atoms. The van der Waals surface area contributed by atoms with E-state index in [-0.39, 0.29) is 0 Å². The first-order valence-corrected chi connectivity index (χ1v) is 9.20. The Balaban J connectivity index is 1.99. The number of hydrogen-bond acceptors (Lipinski definition) is 2. The molecule has 0 atom stereocenters. The maximum absolute atomic E-state index is 12.2. The van der Waals surface area contributed by atoms with Crippen LogP contribution in [0.4, 0.5) is 5.69 Å². The average molecular weight is 363 g/mol. The molecule has 0 aliphatic rings. The predicted molar refractivity (Wildman–Crippen MR) is 109 cm³/mol. The van der Waals surface area contributed by atoms with Crippen LogP contribution in [0.15, 0.2) is 54.7 Å². The first kappa shape index (κ1) is 18.7. The largest absolute Gasteiger partial charge is 0.361 e. The minimum Gasteiger partial charge on any atom is -0.361 e. The first-order chi connectivity index (χ1) is 12.9. The second-order valence-corrected chi connectivity index (χ2v) is 6.97. The van der Waals surface area contributed by atoms with Gasteiger partial charge in [0.2, 0.25) is 0 Å². The Hall–Kier alpha value is -3.08. The summed E-state index contributed by atoms with van der Waals surface area (Å²) in [5.74, 6) is -1.16. The van der Waals surface area contributed by atoms with E-state index in [0.29, 0.717) is 18.2 Å². The third-order valence-electron chi connectivity index (χ3n) is 4.82. The zero-order valence-electron chi connectivity index (χ0n) is 16.0. The minimum absolute atomic E-state index is 0.377. The molecule has 140 valence electrons. The number of hydrogen-bond donors (Lipinski definition) is 1. The van der Waals surface area contributed by atoms with E-state index in [1.165, 1.54) is 16.0 Å². The average Bonchev–Trinajstić information content (AvgIpc) is 3.06. The fourth-order valence-corrected chi connectivity index (χ4v) is 3.38. The third-order valence-corrected chi connectivity index (χ3v) is 4.82. The van der Waals surface area contributed by atoms with Crippen molar-refractivity contribution in [2.45, 2.75) is 33.2 Å². The summed E-state index contributed by atoms with van der Waals surface area (Å²) in [5.41, 5.74) is 9.46. The van der Waals surface area contributed by atoms with E-state index in [9.17, 15) is 9.59 Å². The molecule has 0 bridgehead atoms. The Labute approximate surface area is 159 Å². The smallest absolute Gasteiger partial charge is 0.316 e. The fourth-order valence-electron chi connectivity index (χ4n) is 3.38. The lowest BCUT2D eigenvalue weighted by molar-refractivity contribution is -0.135. The highest BCUT2D eigenvalue weighted by Crippen LogP contribution is 2.29. The molecule has 5 heteroatoms. The van der Waals surface area contributed by atoms with Crippen molar-refractivity contribution in [1.29, 1.82) is 0 Å². The van der Waals surface area contributed by atoms with Gasteiger partial charge < -0.3 is 15.2 Å². The van der Waals surface area contributed by atoms with Crippen LogP contribution in [0.3, 0.4) is 0 Å². The highest BCUT2D eigenvalue weighted by molar-refractivity contribution is 6.40. The zero-order chi connectivity index (χ0) is 19.6. The summed E-state index contributed by atoms with van der Waals surface area (Å²) in [6, 6.07) is 16.3. The van der Waals surface area contributed by atoms with Gasteiger partial charge in [-0.1, -0.05) is 44.2 Å². The molecule has 0 aliphatic carbocycles. The number of nitrogens with two attached hydrogens (primary N) is 1. The van der Waals surface area contributed by atoms with Crippen molar-refractivity contribution in [3.05, 3.63) is 65.9 Å². The lowest BCUT2D eigenvalue weighted by atomic mass is 10.0. The van der Waals surface area contributed by atoms with Gasteiger partial charge in [-0.05, 0) is 42.2 Å². The molecular weight excluding hydrogens is 338 g/mol. The van der Waals surface area contributed by atoms with E-state index in [4.69, 9.17) is 5.73 Å². The Bertz CT molecular complexity index is 988. The van der Waals surface area contributed by atoms with Gasteiger partial charge in [0.25, 0.3) is 0 Å². The summed E-state index contributed by atoms with van der Waals surface area (Å²) in [5, 5.41) is 0.925. The lowest BCUT2D eigenvalue weighted by Crippen LogP contribution is -2.40. The number of likely N-dealkylation sites (N-methyl/N-ethyl adjacent to an activating group) is 1. The highest BCUT2D eigenvalue weighted by atomic mass is 16.2. The molecule has 1 aromatic heterocycles. The third kappa shape index (κ3) is 3.72. The van der Waals surface area contributed by atoms with Gasteiger partial charge in [-0.15, -0.1) is 0 Å². The molecule has 2 N–H and O–H groups in total. The number of aromatic nitrogens is 1. The number of rotatable bonds is 5. The van der Waals surface area contributed by atoms with Gasteiger partial charge >= 0.3 is 11.8 Å². The molecule has 0 saturated carbocycles. The summed E-state index contributed by atoms with van der Waals surface area (Å²) in [6.07, 6.45) is 2.01. The van der Waals surface area contributed by atoms with Crippen molar-refractivity contribution >= 4 is 28.4 Å². The number of nitrogens with zero attached hydrogens (tertiary/aromatic N) is 2. The second-order valence-electron chi connectivity index (χ2n) is 6.97. The predicted octanol–water partition coefficient (Wildman–Crippen LogP) is 3.65. The van der Waals surface area contributed by atoms with Crippen molar-refractivity contribution in [2.24, 2.45) is 5.73 Å². The van der Waals surface area contributed by atoms with Crippen LogP contribution in [-0.4, -0.2) is 22.9 Å². The molecule has 5 nitrogen and oxygen atoms in total. The molecule has 0 spiro atoms. The van der Waals surface area contributed by atoms with E-state index < -0.39 is 11.8 Å². The van der Waals surface area contributed by atoms with Gasteiger partial charge in [-0.2, -0.15) is 0 Å². The molecule has 0 aliphatic heterocycles. The summed E-state index contributed by atoms with van der Waals surface area (Å²) >= 11 is 0. The number of carbonyl (C=O) groups is 2. The number of fused-ring (bicyclic) bond motifs is 1. The summed E-state index contributed by atoms with van der Waals surface area (Å²) < 4.78 is 2.15. The van der Waals surface area contributed by atoms with Crippen LogP contribution in [0, 0.1) is 0 Å². The van der Waals surface area contributed by atoms with Crippen LogP contribution >= 0.6 is 0 Å². The molecule has 2 aromatic carbocycles. The summed E-state index contributed by atoms with van der Waals surface area (Å²) in [6.45, 7) is 7.32. The second kappa shape index (κ2) is 7.66. The molecule has 3 rings (SSSR count). The standard InChI is InChI=1S/C22H25N3O2/c1-4-25(22(27)21(23)26)20-10-6-9-19-18(20)11-12-24(19)14-16-7-5-8-17(13-16)15(2)3/h5-13,15H,4,14H2,1-3H3,(H2,23,26). The number of amides is 2. The van der Waals surface area contributed by atoms with Crippen LogP contribution in [0.5, 0.6) is 0 Å². The zero-order valence-corrected chi connectivity index (χ0v) is 16.0. The van der Waals surface area contributed by atoms with E-state index in [0.717, 1.165) is 17.4 Å². The van der Waals surface area contributed by atoms with E-state index in [1.807, 2.05) is 37.4 Å². The van der Waals surface area contributed by atoms with Crippen molar-refractivity contribution in [1.82, 2.24) is 4.57 Å². The van der Waals surface area contributed by atoms with E-state index in [2.05, 4.69) is 42.7 Å². The molecule has 3 aromatic rings. The SMILES string of the molecule is CCN(C(=O)C(N)=O)c1cccc2c1ccn2Cc1cccc(C(C)C)c1. The maximum Gasteiger partial charge on any atom is 0.316 e. The monoisotopic (exact) mass is 363 g/mol. The van der Waals surface area contributed by atoms with Crippen molar-refractivity contribution in [2.75, 3.05) is 11.4 Å². The summed E-state index contributed by atoms with van der Waals surface area (Å²) in [7, 11) is 0. The Morgan fingerprint density at radius 1 is 1.11 bits per heavy atom. The number of benzene rings is 2. The molecule has 0 radical (unpaired) electrons. The van der Waals surface area contributed by atoms with Gasteiger partial charge in [0.1, 0.15) is 0 Å². The van der Waals surface area contributed by atoms with Crippen molar-refractivity contribution < 1.29 is 9.59 Å². The Morgan fingerprint density at radius 3 is 2.52 bits per heavy atom. The summed E-state index contributed by atoms with van der Waals surface area (Å²) in [4.78, 5) is 25.0. The van der Waals surface area contributed by atoms with Crippen LogP contribution in [-0.2, 0) is 16.1 Å². The highest BCUT2D eigenvalue weighted by Gasteiger charge is 2.21. The van der Waals surface area contributed by atoms with Gasteiger partial charge in [-0.3, -0.25) is 9.59 Å². The van der Waals surface area contributed by atoms with Crippen LogP contribution < -0.4 is 10.6 Å². The molecule has 2 amide bonds. The Kier molecular flexibility index (Phi) is 5.31. The van der Waals surface area contributed by atoms with Crippen LogP contribution in [0.2, 0.25) is 0 Å². The maximum atomic E-state index is 12.2. The van der Waals surface area contributed by atoms with E-state index >= 15 is 0 Å². The Morgan fingerprint density at radius 2 is 1.85 bits per heavy atom. The number of primary amides is 1. The van der Waals surface area contributed by atoms with Gasteiger partial charge in [0.15, 0.2) is 0 Å². The van der Waals surface area contributed by atoms with Gasteiger partial charge in [0.05, 0.1) is 11.2 Å².